The van der Waals surface area contributed by atoms with E-state index in [1.807, 2.05) is 31.2 Å². The van der Waals surface area contributed by atoms with Crippen LogP contribution in [0.25, 0.3) is 0 Å². The van der Waals surface area contributed by atoms with Crippen LogP contribution in [0.1, 0.15) is 52.3 Å². The molecule has 0 N–H and O–H groups in total. The van der Waals surface area contributed by atoms with Crippen molar-refractivity contribution in [3.8, 4) is 0 Å². The smallest absolute Gasteiger partial charge is 0.253 e. The van der Waals surface area contributed by atoms with E-state index in [2.05, 4.69) is 10.1 Å². The number of carbonyl (C=O) groups is 1. The van der Waals surface area contributed by atoms with Crippen LogP contribution >= 0.6 is 0 Å². The van der Waals surface area contributed by atoms with Crippen LogP contribution in [-0.4, -0.2) is 66.1 Å². The molecule has 2 saturated heterocycles. The Hall–Kier alpha value is -2.26. The van der Waals surface area contributed by atoms with Crippen molar-refractivity contribution in [3.05, 3.63) is 47.1 Å². The number of aromatic nitrogens is 2. The number of likely N-dealkylation sites (tertiary alicyclic amines) is 1. The first kappa shape index (κ1) is 18.7. The minimum atomic E-state index is -3.34. The van der Waals surface area contributed by atoms with E-state index in [0.29, 0.717) is 43.6 Å². The van der Waals surface area contributed by atoms with Crippen LogP contribution in [0, 0.1) is 12.3 Å². The van der Waals surface area contributed by atoms with Crippen molar-refractivity contribution in [2.45, 2.75) is 31.6 Å². The number of hydrogen-bond donors (Lipinski definition) is 0. The number of aryl methyl sites for hydroxylation is 1. The second-order valence-electron chi connectivity index (χ2n) is 8.77. The van der Waals surface area contributed by atoms with E-state index in [4.69, 9.17) is 4.52 Å². The van der Waals surface area contributed by atoms with Gasteiger partial charge in [-0.1, -0.05) is 22.9 Å². The molecule has 0 radical (unpaired) electrons. The van der Waals surface area contributed by atoms with Crippen molar-refractivity contribution in [1.82, 2.24) is 19.3 Å². The third-order valence-electron chi connectivity index (χ3n) is 6.35. The van der Waals surface area contributed by atoms with Crippen molar-refractivity contribution in [3.63, 3.8) is 0 Å². The zero-order valence-corrected chi connectivity index (χ0v) is 17.4. The quantitative estimate of drug-likeness (QED) is 0.753. The average Bonchev–Trinajstić information content (AvgIpc) is 3.22. The Labute approximate surface area is 169 Å². The predicted molar refractivity (Wildman–Crippen MR) is 105 cm³/mol. The largest absolute Gasteiger partial charge is 0.339 e. The van der Waals surface area contributed by atoms with Gasteiger partial charge in [-0.2, -0.15) is 4.98 Å². The highest BCUT2D eigenvalue weighted by atomic mass is 32.2. The van der Waals surface area contributed by atoms with E-state index in [0.717, 1.165) is 24.2 Å². The fourth-order valence-corrected chi connectivity index (χ4v) is 5.46. The molecule has 1 aromatic heterocycles. The molecule has 1 aliphatic carbocycles. The summed E-state index contributed by atoms with van der Waals surface area (Å²) in [5.74, 6) is 1.37. The molecular weight excluding hydrogens is 392 g/mol. The Morgan fingerprint density at radius 3 is 2.66 bits per heavy atom. The summed E-state index contributed by atoms with van der Waals surface area (Å²) in [5.41, 5.74) is 1.31. The van der Waals surface area contributed by atoms with Crippen molar-refractivity contribution in [1.29, 1.82) is 0 Å². The molecule has 1 spiro atoms. The Kier molecular flexibility index (Phi) is 4.12. The lowest BCUT2D eigenvalue weighted by Gasteiger charge is -2.50. The zero-order valence-electron chi connectivity index (χ0n) is 16.5. The molecule has 1 atom stereocenters. The van der Waals surface area contributed by atoms with Gasteiger partial charge in [-0.3, -0.25) is 4.79 Å². The number of hydrogen-bond acceptors (Lipinski definition) is 6. The van der Waals surface area contributed by atoms with E-state index in [1.54, 1.807) is 4.90 Å². The van der Waals surface area contributed by atoms with Crippen LogP contribution in [-0.2, 0) is 10.0 Å². The van der Waals surface area contributed by atoms with Gasteiger partial charge in [-0.05, 0) is 31.9 Å². The van der Waals surface area contributed by atoms with Gasteiger partial charge in [0.05, 0.1) is 12.2 Å². The van der Waals surface area contributed by atoms with Crippen LogP contribution < -0.4 is 0 Å². The number of rotatable bonds is 4. The molecule has 0 bridgehead atoms. The van der Waals surface area contributed by atoms with E-state index in [-0.39, 0.29) is 17.2 Å². The molecule has 1 saturated carbocycles. The molecule has 3 fully saturated rings. The molecule has 3 heterocycles. The minimum Gasteiger partial charge on any atom is -0.339 e. The maximum Gasteiger partial charge on any atom is 0.253 e. The standard InChI is InChI=1S/C20H24N4O4S/c1-13-4-3-5-15(8-13)19(25)23-10-20(11-23)12-24(29(2,26)27)9-16(20)18-21-17(22-28-18)14-6-7-14/h3-5,8,14,16H,6-7,9-12H2,1-2H3. The fourth-order valence-electron chi connectivity index (χ4n) is 4.55. The van der Waals surface area contributed by atoms with Crippen LogP contribution in [0.15, 0.2) is 28.8 Å². The zero-order chi connectivity index (χ0) is 20.4. The van der Waals surface area contributed by atoms with Gasteiger partial charge in [-0.25, -0.2) is 12.7 Å². The van der Waals surface area contributed by atoms with Gasteiger partial charge in [0.2, 0.25) is 15.9 Å². The first-order chi connectivity index (χ1) is 13.7. The van der Waals surface area contributed by atoms with E-state index >= 15 is 0 Å². The normalized spacial score (nSPS) is 24.1. The SMILES string of the molecule is Cc1cccc(C(=O)N2CC3(C2)CN(S(C)(=O)=O)CC3c2nc(C3CC3)no2)c1. The molecule has 154 valence electrons. The van der Waals surface area contributed by atoms with Crippen LogP contribution in [0.5, 0.6) is 0 Å². The lowest BCUT2D eigenvalue weighted by atomic mass is 9.71. The molecule has 29 heavy (non-hydrogen) atoms. The van der Waals surface area contributed by atoms with Gasteiger partial charge in [-0.15, -0.1) is 0 Å². The monoisotopic (exact) mass is 416 g/mol. The van der Waals surface area contributed by atoms with Crippen molar-refractivity contribution in [2.75, 3.05) is 32.4 Å². The summed E-state index contributed by atoms with van der Waals surface area (Å²) in [6.45, 7) is 3.61. The highest BCUT2D eigenvalue weighted by Gasteiger charge is 2.59. The predicted octanol–water partition coefficient (Wildman–Crippen LogP) is 1.76. The Morgan fingerprint density at radius 2 is 2.00 bits per heavy atom. The second-order valence-corrected chi connectivity index (χ2v) is 10.7. The molecule has 2 aliphatic heterocycles. The van der Waals surface area contributed by atoms with Crippen molar-refractivity contribution in [2.24, 2.45) is 5.41 Å². The summed E-state index contributed by atoms with van der Waals surface area (Å²) in [4.78, 5) is 19.3. The molecule has 1 unspecified atom stereocenters. The number of carbonyl (C=O) groups excluding carboxylic acids is 1. The average molecular weight is 417 g/mol. The lowest BCUT2D eigenvalue weighted by molar-refractivity contribution is 0.00131. The summed E-state index contributed by atoms with van der Waals surface area (Å²) in [5, 5.41) is 4.11. The molecule has 8 nitrogen and oxygen atoms in total. The Morgan fingerprint density at radius 1 is 1.24 bits per heavy atom. The lowest BCUT2D eigenvalue weighted by Crippen LogP contribution is -2.61. The Bertz CT molecular complexity index is 1070. The molecule has 9 heteroatoms. The summed E-state index contributed by atoms with van der Waals surface area (Å²) in [7, 11) is -3.34. The first-order valence-corrected chi connectivity index (χ1v) is 11.7. The molecule has 1 aromatic carbocycles. The molecule has 5 rings (SSSR count). The maximum atomic E-state index is 12.9. The highest BCUT2D eigenvalue weighted by molar-refractivity contribution is 7.88. The summed E-state index contributed by atoms with van der Waals surface area (Å²) in [6.07, 6.45) is 3.37. The van der Waals surface area contributed by atoms with Gasteiger partial charge >= 0.3 is 0 Å². The van der Waals surface area contributed by atoms with Crippen LogP contribution in [0.3, 0.4) is 0 Å². The van der Waals surface area contributed by atoms with Crippen LogP contribution in [0.2, 0.25) is 0 Å². The van der Waals surface area contributed by atoms with Gasteiger partial charge in [0.1, 0.15) is 0 Å². The van der Waals surface area contributed by atoms with Gasteiger partial charge in [0, 0.05) is 43.1 Å². The Balaban J connectivity index is 1.40. The van der Waals surface area contributed by atoms with E-state index in [9.17, 15) is 13.2 Å². The molecular formula is C20H24N4O4S. The number of sulfonamides is 1. The second kappa shape index (κ2) is 6.37. The molecule has 1 amide bonds. The summed E-state index contributed by atoms with van der Waals surface area (Å²) in [6, 6.07) is 7.52. The summed E-state index contributed by atoms with van der Waals surface area (Å²) >= 11 is 0. The number of nitrogens with zero attached hydrogens (tertiary/aromatic N) is 4. The number of benzene rings is 1. The third kappa shape index (κ3) is 3.26. The summed E-state index contributed by atoms with van der Waals surface area (Å²) < 4.78 is 31.5. The van der Waals surface area contributed by atoms with Gasteiger partial charge in [0.25, 0.3) is 5.91 Å². The van der Waals surface area contributed by atoms with Crippen LogP contribution in [0.4, 0.5) is 0 Å². The molecule has 3 aliphatic rings. The van der Waals surface area contributed by atoms with Gasteiger partial charge in [0.15, 0.2) is 5.82 Å². The highest BCUT2D eigenvalue weighted by Crippen LogP contribution is 2.50. The van der Waals surface area contributed by atoms with Crippen molar-refractivity contribution >= 4 is 15.9 Å². The first-order valence-electron chi connectivity index (χ1n) is 9.90. The van der Waals surface area contributed by atoms with Crippen molar-refractivity contribution < 1.29 is 17.7 Å². The van der Waals surface area contributed by atoms with Gasteiger partial charge < -0.3 is 9.42 Å². The minimum absolute atomic E-state index is 0.0277. The maximum absolute atomic E-state index is 12.9. The van der Waals surface area contributed by atoms with E-state index in [1.165, 1.54) is 10.6 Å². The molecule has 2 aromatic rings. The topological polar surface area (TPSA) is 96.6 Å². The third-order valence-corrected chi connectivity index (χ3v) is 7.56. The van der Waals surface area contributed by atoms with E-state index < -0.39 is 10.0 Å². The fraction of sp³-hybridized carbons (Fsp3) is 0.550. The number of amides is 1.